The molecule has 0 heterocycles. The van der Waals surface area contributed by atoms with Crippen LogP contribution in [-0.2, 0) is 9.53 Å². The first-order valence-corrected chi connectivity index (χ1v) is 3.20. The first-order chi connectivity index (χ1) is 4.42. The predicted molar refractivity (Wildman–Crippen MR) is 36.4 cm³/mol. The molecule has 0 radical (unpaired) electrons. The van der Waals surface area contributed by atoms with Gasteiger partial charge in [-0.3, -0.25) is 0 Å². The van der Waals surface area contributed by atoms with Crippen LogP contribution in [0.3, 0.4) is 0 Å². The summed E-state index contributed by atoms with van der Waals surface area (Å²) < 4.78 is 17.4. The molecule has 0 saturated heterocycles. The fraction of sp³-hybridized carbons (Fsp3) is 0.857. The van der Waals surface area contributed by atoms with Gasteiger partial charge in [-0.15, -0.1) is 0 Å². The average Bonchev–Trinajstić information content (AvgIpc) is 1.86. The minimum Gasteiger partial charge on any atom is -0.467 e. The monoisotopic (exact) mass is 148 g/mol. The molecule has 0 aromatic heterocycles. The Kier molecular flexibility index (Phi) is 2.81. The smallest absolute Gasteiger partial charge is 0.343 e. The zero-order valence-corrected chi connectivity index (χ0v) is 6.77. The van der Waals surface area contributed by atoms with Crippen LogP contribution < -0.4 is 0 Å². The lowest BCUT2D eigenvalue weighted by molar-refractivity contribution is -0.156. The number of carbonyl (C=O) groups excluding carboxylic acids is 1. The zero-order valence-electron chi connectivity index (χ0n) is 6.77. The number of rotatable bonds is 2. The summed E-state index contributed by atoms with van der Waals surface area (Å²) in [6.45, 7) is 4.50. The molecule has 0 spiro atoms. The molecular formula is C7H13FO2. The van der Waals surface area contributed by atoms with Crippen molar-refractivity contribution in [2.45, 2.75) is 26.4 Å². The van der Waals surface area contributed by atoms with Gasteiger partial charge in [0.25, 0.3) is 0 Å². The largest absolute Gasteiger partial charge is 0.467 e. The third kappa shape index (κ3) is 1.69. The number of ether oxygens (including phenoxy) is 1. The number of hydrogen-bond donors (Lipinski definition) is 0. The lowest BCUT2D eigenvalue weighted by Crippen LogP contribution is -2.36. The summed E-state index contributed by atoms with van der Waals surface area (Å²) in [5.41, 5.74) is -1.85. The van der Waals surface area contributed by atoms with Crippen LogP contribution in [0.15, 0.2) is 0 Å². The van der Waals surface area contributed by atoms with Crippen molar-refractivity contribution >= 4 is 5.97 Å². The zero-order chi connectivity index (χ0) is 8.36. The van der Waals surface area contributed by atoms with E-state index in [2.05, 4.69) is 4.74 Å². The second kappa shape index (κ2) is 2.99. The van der Waals surface area contributed by atoms with Crippen LogP contribution in [0, 0.1) is 5.92 Å². The van der Waals surface area contributed by atoms with Gasteiger partial charge in [-0.05, 0) is 12.8 Å². The topological polar surface area (TPSA) is 26.3 Å². The quantitative estimate of drug-likeness (QED) is 0.555. The summed E-state index contributed by atoms with van der Waals surface area (Å²) >= 11 is 0. The Bertz CT molecular complexity index is 130. The normalized spacial score (nSPS) is 16.6. The minimum atomic E-state index is -1.85. The summed E-state index contributed by atoms with van der Waals surface area (Å²) in [4.78, 5) is 10.7. The summed E-state index contributed by atoms with van der Waals surface area (Å²) in [6, 6.07) is 0. The van der Waals surface area contributed by atoms with Crippen molar-refractivity contribution in [3.8, 4) is 0 Å². The maximum absolute atomic E-state index is 13.1. The Labute approximate surface area is 60.4 Å². The van der Waals surface area contributed by atoms with Crippen molar-refractivity contribution in [2.75, 3.05) is 7.11 Å². The van der Waals surface area contributed by atoms with E-state index in [1.807, 2.05) is 0 Å². The number of methoxy groups -OCH3 is 1. The molecule has 1 unspecified atom stereocenters. The van der Waals surface area contributed by atoms with Crippen LogP contribution in [0.1, 0.15) is 20.8 Å². The molecule has 0 aliphatic rings. The van der Waals surface area contributed by atoms with E-state index in [9.17, 15) is 9.18 Å². The first kappa shape index (κ1) is 9.40. The molecule has 0 bridgehead atoms. The van der Waals surface area contributed by atoms with Crippen LogP contribution in [0.4, 0.5) is 4.39 Å². The Balaban J connectivity index is 4.24. The van der Waals surface area contributed by atoms with Gasteiger partial charge >= 0.3 is 5.97 Å². The van der Waals surface area contributed by atoms with Gasteiger partial charge in [-0.1, -0.05) is 13.8 Å². The summed E-state index contributed by atoms with van der Waals surface area (Å²) in [5, 5.41) is 0. The molecule has 0 aromatic carbocycles. The molecule has 0 rings (SSSR count). The lowest BCUT2D eigenvalue weighted by Gasteiger charge is -2.20. The minimum absolute atomic E-state index is 0.347. The van der Waals surface area contributed by atoms with Gasteiger partial charge in [-0.2, -0.15) is 0 Å². The van der Waals surface area contributed by atoms with E-state index in [-0.39, 0.29) is 5.92 Å². The highest BCUT2D eigenvalue weighted by atomic mass is 19.1. The summed E-state index contributed by atoms with van der Waals surface area (Å²) in [7, 11) is 1.18. The van der Waals surface area contributed by atoms with Crippen molar-refractivity contribution in [3.63, 3.8) is 0 Å². The number of esters is 1. The molecule has 0 amide bonds. The number of hydrogen-bond acceptors (Lipinski definition) is 2. The van der Waals surface area contributed by atoms with Gasteiger partial charge in [-0.25, -0.2) is 9.18 Å². The number of alkyl halides is 1. The molecule has 60 valence electrons. The van der Waals surface area contributed by atoms with Crippen molar-refractivity contribution in [2.24, 2.45) is 5.92 Å². The molecule has 0 aromatic rings. The maximum atomic E-state index is 13.1. The van der Waals surface area contributed by atoms with E-state index in [4.69, 9.17) is 0 Å². The molecule has 0 aliphatic carbocycles. The highest BCUT2D eigenvalue weighted by Crippen LogP contribution is 2.22. The van der Waals surface area contributed by atoms with E-state index < -0.39 is 11.6 Å². The van der Waals surface area contributed by atoms with Gasteiger partial charge in [0.1, 0.15) is 0 Å². The number of carbonyl (C=O) groups is 1. The molecule has 0 saturated carbocycles. The predicted octanol–water partition coefficient (Wildman–Crippen LogP) is 1.54. The van der Waals surface area contributed by atoms with Gasteiger partial charge in [0, 0.05) is 0 Å². The molecular weight excluding hydrogens is 135 g/mol. The molecule has 0 N–H and O–H groups in total. The van der Waals surface area contributed by atoms with E-state index in [0.717, 1.165) is 0 Å². The van der Waals surface area contributed by atoms with Crippen LogP contribution in [0.5, 0.6) is 0 Å². The maximum Gasteiger partial charge on any atom is 0.343 e. The Morgan fingerprint density at radius 2 is 2.00 bits per heavy atom. The molecule has 10 heavy (non-hydrogen) atoms. The van der Waals surface area contributed by atoms with Gasteiger partial charge in [0.2, 0.25) is 5.67 Å². The van der Waals surface area contributed by atoms with E-state index in [1.54, 1.807) is 13.8 Å². The number of halogens is 1. The third-order valence-electron chi connectivity index (χ3n) is 1.67. The highest BCUT2D eigenvalue weighted by molar-refractivity contribution is 5.79. The Morgan fingerprint density at radius 1 is 1.60 bits per heavy atom. The Morgan fingerprint density at radius 3 is 2.10 bits per heavy atom. The van der Waals surface area contributed by atoms with Crippen molar-refractivity contribution in [1.29, 1.82) is 0 Å². The summed E-state index contributed by atoms with van der Waals surface area (Å²) in [6.07, 6.45) is 0. The van der Waals surface area contributed by atoms with Crippen LogP contribution in [-0.4, -0.2) is 18.7 Å². The first-order valence-electron chi connectivity index (χ1n) is 3.20. The van der Waals surface area contributed by atoms with E-state index >= 15 is 0 Å². The summed E-state index contributed by atoms with van der Waals surface area (Å²) in [5.74, 6) is -1.15. The molecule has 0 fully saturated rings. The molecule has 3 heteroatoms. The van der Waals surface area contributed by atoms with Crippen LogP contribution in [0.25, 0.3) is 0 Å². The average molecular weight is 148 g/mol. The fourth-order valence-corrected chi connectivity index (χ4v) is 0.435. The molecule has 1 atom stereocenters. The van der Waals surface area contributed by atoms with E-state index in [0.29, 0.717) is 0 Å². The molecule has 2 nitrogen and oxygen atoms in total. The second-order valence-corrected chi connectivity index (χ2v) is 2.72. The highest BCUT2D eigenvalue weighted by Gasteiger charge is 2.37. The molecule has 0 aliphatic heterocycles. The Hall–Kier alpha value is -0.600. The second-order valence-electron chi connectivity index (χ2n) is 2.72. The lowest BCUT2D eigenvalue weighted by atomic mass is 9.95. The van der Waals surface area contributed by atoms with Gasteiger partial charge < -0.3 is 4.74 Å². The standard InChI is InChI=1S/C7H13FO2/c1-5(2)7(3,8)6(9)10-4/h5H,1-4H3. The SMILES string of the molecule is COC(=O)C(C)(F)C(C)C. The van der Waals surface area contributed by atoms with E-state index in [1.165, 1.54) is 14.0 Å². The third-order valence-corrected chi connectivity index (χ3v) is 1.67. The van der Waals surface area contributed by atoms with Gasteiger partial charge in [0.15, 0.2) is 0 Å². The fourth-order valence-electron chi connectivity index (χ4n) is 0.435. The van der Waals surface area contributed by atoms with Crippen molar-refractivity contribution < 1.29 is 13.9 Å². The van der Waals surface area contributed by atoms with Crippen molar-refractivity contribution in [1.82, 2.24) is 0 Å². The van der Waals surface area contributed by atoms with Crippen LogP contribution >= 0.6 is 0 Å². The van der Waals surface area contributed by atoms with Crippen molar-refractivity contribution in [3.05, 3.63) is 0 Å². The van der Waals surface area contributed by atoms with Crippen LogP contribution in [0.2, 0.25) is 0 Å². The van der Waals surface area contributed by atoms with Gasteiger partial charge in [0.05, 0.1) is 7.11 Å².